The molecule has 0 aliphatic rings. The number of hydrogen-bond donors (Lipinski definition) is 0. The summed E-state index contributed by atoms with van der Waals surface area (Å²) in [5.74, 6) is 0. The Morgan fingerprint density at radius 2 is 1.83 bits per heavy atom. The molecule has 0 unspecified atom stereocenters. The van der Waals surface area contributed by atoms with E-state index in [4.69, 9.17) is 34.8 Å². The SMILES string of the molecule is FC(F)c1ncc(-c2ccc(Cl)cc2Cl)nc1Cl. The molecule has 7 heteroatoms. The number of hydrogen-bond acceptors (Lipinski definition) is 2. The maximum atomic E-state index is 12.5. The second-order valence-electron chi connectivity index (χ2n) is 3.36. The maximum Gasteiger partial charge on any atom is 0.283 e. The van der Waals surface area contributed by atoms with Crippen LogP contribution in [0.1, 0.15) is 12.1 Å². The van der Waals surface area contributed by atoms with Gasteiger partial charge in [0, 0.05) is 10.6 Å². The van der Waals surface area contributed by atoms with Gasteiger partial charge >= 0.3 is 0 Å². The van der Waals surface area contributed by atoms with E-state index in [9.17, 15) is 8.78 Å². The van der Waals surface area contributed by atoms with Crippen molar-refractivity contribution < 1.29 is 8.78 Å². The Labute approximate surface area is 117 Å². The van der Waals surface area contributed by atoms with Crippen molar-refractivity contribution in [1.82, 2.24) is 9.97 Å². The van der Waals surface area contributed by atoms with Crippen LogP contribution in [0, 0.1) is 0 Å². The molecule has 0 saturated carbocycles. The third kappa shape index (κ3) is 2.71. The van der Waals surface area contributed by atoms with Crippen molar-refractivity contribution in [2.24, 2.45) is 0 Å². The minimum atomic E-state index is -2.76. The lowest BCUT2D eigenvalue weighted by atomic mass is 10.1. The second kappa shape index (κ2) is 5.34. The molecule has 0 aliphatic carbocycles. The zero-order valence-electron chi connectivity index (χ0n) is 8.67. The zero-order chi connectivity index (χ0) is 13.3. The summed E-state index contributed by atoms with van der Waals surface area (Å²) in [7, 11) is 0. The first kappa shape index (κ1) is 13.5. The highest BCUT2D eigenvalue weighted by molar-refractivity contribution is 6.36. The maximum absolute atomic E-state index is 12.5. The number of rotatable bonds is 2. The van der Waals surface area contributed by atoms with E-state index >= 15 is 0 Å². The van der Waals surface area contributed by atoms with E-state index in [0.29, 0.717) is 21.3 Å². The van der Waals surface area contributed by atoms with Crippen LogP contribution in [0.5, 0.6) is 0 Å². The molecule has 1 aromatic carbocycles. The van der Waals surface area contributed by atoms with Crippen molar-refractivity contribution in [2.75, 3.05) is 0 Å². The molecule has 0 spiro atoms. The van der Waals surface area contributed by atoms with Gasteiger partial charge in [0.05, 0.1) is 16.9 Å². The molecule has 0 atom stereocenters. The lowest BCUT2D eigenvalue weighted by molar-refractivity contribution is 0.146. The second-order valence-corrected chi connectivity index (χ2v) is 4.56. The predicted octanol–water partition coefficient (Wildman–Crippen LogP) is 5.04. The van der Waals surface area contributed by atoms with Gasteiger partial charge in [0.15, 0.2) is 5.15 Å². The molecule has 0 fully saturated rings. The Morgan fingerprint density at radius 3 is 2.39 bits per heavy atom. The fraction of sp³-hybridized carbons (Fsp3) is 0.0909. The Bertz CT molecular complexity index is 590. The minimum absolute atomic E-state index is 0.311. The van der Waals surface area contributed by atoms with Crippen LogP contribution in [-0.2, 0) is 0 Å². The molecule has 0 radical (unpaired) electrons. The highest BCUT2D eigenvalue weighted by Gasteiger charge is 2.16. The van der Waals surface area contributed by atoms with Gasteiger partial charge in [-0.15, -0.1) is 0 Å². The summed E-state index contributed by atoms with van der Waals surface area (Å²) in [4.78, 5) is 7.43. The summed E-state index contributed by atoms with van der Waals surface area (Å²) >= 11 is 17.4. The van der Waals surface area contributed by atoms with Gasteiger partial charge < -0.3 is 0 Å². The van der Waals surface area contributed by atoms with Gasteiger partial charge in [-0.1, -0.05) is 34.8 Å². The fourth-order valence-electron chi connectivity index (χ4n) is 1.35. The highest BCUT2D eigenvalue weighted by atomic mass is 35.5. The Kier molecular flexibility index (Phi) is 4.00. The predicted molar refractivity (Wildman–Crippen MR) is 67.5 cm³/mol. The van der Waals surface area contributed by atoms with Crippen molar-refractivity contribution in [3.05, 3.63) is 45.3 Å². The first-order valence-electron chi connectivity index (χ1n) is 4.75. The molecule has 0 bridgehead atoms. The third-order valence-corrected chi connectivity index (χ3v) is 3.00. The third-order valence-electron chi connectivity index (χ3n) is 2.17. The average molecular weight is 310 g/mol. The highest BCUT2D eigenvalue weighted by Crippen LogP contribution is 2.31. The summed E-state index contributed by atoms with van der Waals surface area (Å²) < 4.78 is 24.9. The molecule has 2 aromatic rings. The minimum Gasteiger partial charge on any atom is -0.250 e. The Morgan fingerprint density at radius 1 is 1.11 bits per heavy atom. The number of benzene rings is 1. The lowest BCUT2D eigenvalue weighted by Gasteiger charge is -2.06. The van der Waals surface area contributed by atoms with E-state index < -0.39 is 12.1 Å². The van der Waals surface area contributed by atoms with Crippen molar-refractivity contribution in [3.8, 4) is 11.3 Å². The van der Waals surface area contributed by atoms with Crippen molar-refractivity contribution in [3.63, 3.8) is 0 Å². The summed E-state index contributed by atoms with van der Waals surface area (Å²) in [5, 5.41) is 0.471. The number of nitrogens with zero attached hydrogens (tertiary/aromatic N) is 2. The number of halogens is 5. The monoisotopic (exact) mass is 308 g/mol. The van der Waals surface area contributed by atoms with Crippen LogP contribution < -0.4 is 0 Å². The largest absolute Gasteiger partial charge is 0.283 e. The molecule has 0 amide bonds. The molecule has 1 aromatic heterocycles. The summed E-state index contributed by atoms with van der Waals surface area (Å²) in [6.45, 7) is 0. The van der Waals surface area contributed by atoms with Crippen LogP contribution in [-0.4, -0.2) is 9.97 Å². The molecule has 0 N–H and O–H groups in total. The van der Waals surface area contributed by atoms with Gasteiger partial charge in [0.1, 0.15) is 5.69 Å². The summed E-state index contributed by atoms with van der Waals surface area (Å²) in [6.07, 6.45) is -1.57. The molecular weight excluding hydrogens is 304 g/mol. The van der Waals surface area contributed by atoms with E-state index in [-0.39, 0.29) is 5.15 Å². The molecule has 2 rings (SSSR count). The van der Waals surface area contributed by atoms with Crippen LogP contribution in [0.25, 0.3) is 11.3 Å². The lowest BCUT2D eigenvalue weighted by Crippen LogP contribution is -1.96. The zero-order valence-corrected chi connectivity index (χ0v) is 10.9. The van der Waals surface area contributed by atoms with E-state index in [2.05, 4.69) is 9.97 Å². The van der Waals surface area contributed by atoms with E-state index in [1.165, 1.54) is 12.3 Å². The first-order chi connectivity index (χ1) is 8.49. The molecule has 1 heterocycles. The fourth-order valence-corrected chi connectivity index (χ4v) is 2.08. The van der Waals surface area contributed by atoms with Gasteiger partial charge in [0.2, 0.25) is 0 Å². The van der Waals surface area contributed by atoms with Gasteiger partial charge in [-0.3, -0.25) is 0 Å². The smallest absolute Gasteiger partial charge is 0.250 e. The molecule has 0 saturated heterocycles. The molecule has 94 valence electrons. The van der Waals surface area contributed by atoms with Gasteiger partial charge in [-0.25, -0.2) is 18.7 Å². The molecular formula is C11H5Cl3F2N2. The van der Waals surface area contributed by atoms with Crippen LogP contribution in [0.15, 0.2) is 24.4 Å². The number of alkyl halides is 2. The van der Waals surface area contributed by atoms with Crippen LogP contribution in [0.2, 0.25) is 15.2 Å². The van der Waals surface area contributed by atoms with E-state index in [1.54, 1.807) is 12.1 Å². The van der Waals surface area contributed by atoms with Crippen molar-refractivity contribution >= 4 is 34.8 Å². The normalized spacial score (nSPS) is 11.0. The quantitative estimate of drug-likeness (QED) is 0.776. The topological polar surface area (TPSA) is 25.8 Å². The van der Waals surface area contributed by atoms with Gasteiger partial charge in [-0.2, -0.15) is 0 Å². The standard InChI is InChI=1S/C11H5Cl3F2N2/c12-5-1-2-6(7(13)3-5)8-4-17-9(11(15)16)10(14)18-8/h1-4,11H. The van der Waals surface area contributed by atoms with Crippen LogP contribution >= 0.6 is 34.8 Å². The summed E-state index contributed by atoms with van der Waals surface area (Å²) in [6, 6.07) is 4.75. The number of aromatic nitrogens is 2. The van der Waals surface area contributed by atoms with Gasteiger partial charge in [0.25, 0.3) is 6.43 Å². The Hall–Kier alpha value is -0.970. The summed E-state index contributed by atoms with van der Waals surface area (Å²) in [5.41, 5.74) is 0.285. The van der Waals surface area contributed by atoms with Crippen molar-refractivity contribution in [2.45, 2.75) is 6.43 Å². The van der Waals surface area contributed by atoms with Crippen molar-refractivity contribution in [1.29, 1.82) is 0 Å². The molecule has 2 nitrogen and oxygen atoms in total. The first-order valence-corrected chi connectivity index (χ1v) is 5.88. The van der Waals surface area contributed by atoms with E-state index in [1.807, 2.05) is 0 Å². The van der Waals surface area contributed by atoms with Crippen LogP contribution in [0.3, 0.4) is 0 Å². The molecule has 18 heavy (non-hydrogen) atoms. The van der Waals surface area contributed by atoms with E-state index in [0.717, 1.165) is 0 Å². The van der Waals surface area contributed by atoms with Gasteiger partial charge in [-0.05, 0) is 18.2 Å². The molecule has 0 aliphatic heterocycles. The van der Waals surface area contributed by atoms with Crippen LogP contribution in [0.4, 0.5) is 8.78 Å². The Balaban J connectivity index is 2.49. The average Bonchev–Trinajstić information content (AvgIpc) is 2.28.